The first-order chi connectivity index (χ1) is 8.73. The van der Waals surface area contributed by atoms with Crippen LogP contribution < -0.4 is 5.32 Å². The van der Waals surface area contributed by atoms with Gasteiger partial charge in [-0.2, -0.15) is 0 Å². The second-order valence-corrected chi connectivity index (χ2v) is 5.88. The normalized spacial score (nSPS) is 28.7. The highest BCUT2D eigenvalue weighted by atomic mass is 16.4. The molecule has 1 saturated heterocycles. The topological polar surface area (TPSA) is 69.6 Å². The molecule has 0 aromatic rings. The van der Waals surface area contributed by atoms with Crippen LogP contribution in [0.15, 0.2) is 0 Å². The summed E-state index contributed by atoms with van der Waals surface area (Å²) in [6.07, 6.45) is 2.54. The number of nitrogens with zero attached hydrogens (tertiary/aromatic N) is 1. The molecule has 1 amide bonds. The van der Waals surface area contributed by atoms with Gasteiger partial charge in [-0.3, -0.25) is 9.69 Å². The molecule has 0 aliphatic carbocycles. The number of carbonyl (C=O) groups excluding carboxylic acids is 1. The molecule has 110 valence electrons. The Morgan fingerprint density at radius 3 is 2.21 bits per heavy atom. The van der Waals surface area contributed by atoms with E-state index in [1.807, 2.05) is 6.92 Å². The smallest absolute Gasteiger partial charge is 0.329 e. The summed E-state index contributed by atoms with van der Waals surface area (Å²) in [5, 5.41) is 11.9. The third kappa shape index (κ3) is 3.26. The monoisotopic (exact) mass is 270 g/mol. The molecule has 2 N–H and O–H groups in total. The number of carboxylic acids is 1. The molecular formula is C14H26N2O3. The molecular weight excluding hydrogens is 244 g/mol. The molecule has 19 heavy (non-hydrogen) atoms. The molecule has 0 bridgehead atoms. The Hall–Kier alpha value is -1.10. The van der Waals surface area contributed by atoms with E-state index in [2.05, 4.69) is 24.1 Å². The highest BCUT2D eigenvalue weighted by Crippen LogP contribution is 2.26. The van der Waals surface area contributed by atoms with Gasteiger partial charge in [-0.25, -0.2) is 4.79 Å². The highest BCUT2D eigenvalue weighted by Gasteiger charge is 2.38. The minimum atomic E-state index is -1.18. The Bertz CT molecular complexity index is 349. The minimum Gasteiger partial charge on any atom is -0.480 e. The number of carbonyl (C=O) groups is 2. The summed E-state index contributed by atoms with van der Waals surface area (Å²) in [4.78, 5) is 25.7. The van der Waals surface area contributed by atoms with Crippen LogP contribution in [-0.4, -0.2) is 45.5 Å². The summed E-state index contributed by atoms with van der Waals surface area (Å²) in [7, 11) is 0. The summed E-state index contributed by atoms with van der Waals surface area (Å²) in [6.45, 7) is 9.40. The van der Waals surface area contributed by atoms with Gasteiger partial charge in [-0.05, 0) is 47.0 Å². The van der Waals surface area contributed by atoms with Gasteiger partial charge in [-0.15, -0.1) is 0 Å². The number of nitrogens with one attached hydrogen (secondary N) is 1. The standard InChI is InChI=1S/C14H26N2O3/c1-6-14(5,13(18)19)15-12(17)11(4)16-9(2)7-8-10(16)3/h9-11H,6-8H2,1-5H3,(H,15,17)(H,18,19). The molecule has 1 rings (SSSR count). The minimum absolute atomic E-state index is 0.202. The van der Waals surface area contributed by atoms with Gasteiger partial charge in [0.15, 0.2) is 0 Å². The molecule has 0 aromatic heterocycles. The van der Waals surface area contributed by atoms with Gasteiger partial charge in [-0.1, -0.05) is 6.92 Å². The first-order valence-electron chi connectivity index (χ1n) is 7.05. The van der Waals surface area contributed by atoms with Gasteiger partial charge in [0.1, 0.15) is 5.54 Å². The van der Waals surface area contributed by atoms with Crippen LogP contribution in [-0.2, 0) is 9.59 Å². The molecule has 1 aliphatic heterocycles. The Labute approximate surface area is 115 Å². The summed E-state index contributed by atoms with van der Waals surface area (Å²) in [5.74, 6) is -1.19. The maximum absolute atomic E-state index is 12.3. The fourth-order valence-electron chi connectivity index (χ4n) is 2.78. The van der Waals surface area contributed by atoms with Crippen molar-refractivity contribution in [1.82, 2.24) is 10.2 Å². The zero-order valence-corrected chi connectivity index (χ0v) is 12.6. The predicted molar refractivity (Wildman–Crippen MR) is 73.9 cm³/mol. The quantitative estimate of drug-likeness (QED) is 0.796. The van der Waals surface area contributed by atoms with Gasteiger partial charge in [0.25, 0.3) is 0 Å². The van der Waals surface area contributed by atoms with Crippen molar-refractivity contribution in [2.75, 3.05) is 0 Å². The molecule has 1 fully saturated rings. The Kier molecular flexibility index (Phi) is 4.96. The van der Waals surface area contributed by atoms with Crippen molar-refractivity contribution >= 4 is 11.9 Å². The first kappa shape index (κ1) is 16.0. The molecule has 4 unspecified atom stereocenters. The maximum atomic E-state index is 12.3. The average Bonchev–Trinajstić information content (AvgIpc) is 2.67. The van der Waals surface area contributed by atoms with Crippen LogP contribution in [0.1, 0.15) is 53.9 Å². The van der Waals surface area contributed by atoms with E-state index < -0.39 is 11.5 Å². The van der Waals surface area contributed by atoms with Crippen LogP contribution in [0.5, 0.6) is 0 Å². The largest absolute Gasteiger partial charge is 0.480 e. The van der Waals surface area contributed by atoms with E-state index in [1.54, 1.807) is 13.8 Å². The molecule has 1 aliphatic rings. The molecule has 5 nitrogen and oxygen atoms in total. The predicted octanol–water partition coefficient (Wildman–Crippen LogP) is 1.62. The summed E-state index contributed by atoms with van der Waals surface area (Å²) in [5.41, 5.74) is -1.18. The van der Waals surface area contributed by atoms with Crippen LogP contribution in [0, 0.1) is 0 Å². The Morgan fingerprint density at radius 2 is 1.84 bits per heavy atom. The lowest BCUT2D eigenvalue weighted by molar-refractivity contribution is -0.148. The SMILES string of the molecule is CCC(C)(NC(=O)C(C)N1C(C)CCC1C)C(=O)O. The fraction of sp³-hybridized carbons (Fsp3) is 0.857. The van der Waals surface area contributed by atoms with Crippen LogP contribution in [0.3, 0.4) is 0 Å². The number of rotatable bonds is 5. The van der Waals surface area contributed by atoms with E-state index in [0.717, 1.165) is 12.8 Å². The Morgan fingerprint density at radius 1 is 1.37 bits per heavy atom. The fourth-order valence-corrected chi connectivity index (χ4v) is 2.78. The Balaban J connectivity index is 2.75. The van der Waals surface area contributed by atoms with E-state index in [9.17, 15) is 14.7 Å². The van der Waals surface area contributed by atoms with Crippen molar-refractivity contribution < 1.29 is 14.7 Å². The van der Waals surface area contributed by atoms with Crippen LogP contribution in [0.2, 0.25) is 0 Å². The van der Waals surface area contributed by atoms with Gasteiger partial charge >= 0.3 is 5.97 Å². The lowest BCUT2D eigenvalue weighted by Gasteiger charge is -2.34. The van der Waals surface area contributed by atoms with E-state index in [4.69, 9.17) is 0 Å². The molecule has 4 atom stereocenters. The van der Waals surface area contributed by atoms with Gasteiger partial charge in [0.2, 0.25) is 5.91 Å². The number of hydrogen-bond donors (Lipinski definition) is 2. The molecule has 0 aromatic carbocycles. The molecule has 0 radical (unpaired) electrons. The molecule has 0 saturated carbocycles. The van der Waals surface area contributed by atoms with Crippen LogP contribution >= 0.6 is 0 Å². The van der Waals surface area contributed by atoms with E-state index in [-0.39, 0.29) is 11.9 Å². The summed E-state index contributed by atoms with van der Waals surface area (Å²) < 4.78 is 0. The second-order valence-electron chi connectivity index (χ2n) is 5.88. The van der Waals surface area contributed by atoms with Crippen molar-refractivity contribution in [3.63, 3.8) is 0 Å². The second kappa shape index (κ2) is 5.90. The summed E-state index contributed by atoms with van der Waals surface area (Å²) >= 11 is 0. The number of carboxylic acid groups (broad SMARTS) is 1. The number of likely N-dealkylation sites (tertiary alicyclic amines) is 1. The molecule has 0 spiro atoms. The van der Waals surface area contributed by atoms with Gasteiger partial charge < -0.3 is 10.4 Å². The molecule has 1 heterocycles. The van der Waals surface area contributed by atoms with Crippen molar-refractivity contribution in [3.8, 4) is 0 Å². The van der Waals surface area contributed by atoms with Crippen molar-refractivity contribution in [2.24, 2.45) is 0 Å². The maximum Gasteiger partial charge on any atom is 0.329 e. The number of hydrogen-bond acceptors (Lipinski definition) is 3. The van der Waals surface area contributed by atoms with E-state index in [1.165, 1.54) is 0 Å². The van der Waals surface area contributed by atoms with E-state index >= 15 is 0 Å². The van der Waals surface area contributed by atoms with Crippen molar-refractivity contribution in [3.05, 3.63) is 0 Å². The van der Waals surface area contributed by atoms with E-state index in [0.29, 0.717) is 18.5 Å². The highest BCUT2D eigenvalue weighted by molar-refractivity contribution is 5.89. The van der Waals surface area contributed by atoms with Crippen molar-refractivity contribution in [1.29, 1.82) is 0 Å². The summed E-state index contributed by atoms with van der Waals surface area (Å²) in [6, 6.07) is 0.444. The third-order valence-electron chi connectivity index (χ3n) is 4.43. The third-order valence-corrected chi connectivity index (χ3v) is 4.43. The number of aliphatic carboxylic acids is 1. The zero-order chi connectivity index (χ0) is 14.8. The first-order valence-corrected chi connectivity index (χ1v) is 7.05. The van der Waals surface area contributed by atoms with Crippen molar-refractivity contribution in [2.45, 2.75) is 77.5 Å². The zero-order valence-electron chi connectivity index (χ0n) is 12.6. The van der Waals surface area contributed by atoms with Crippen LogP contribution in [0.25, 0.3) is 0 Å². The van der Waals surface area contributed by atoms with Gasteiger partial charge in [0, 0.05) is 12.1 Å². The lowest BCUT2D eigenvalue weighted by atomic mass is 9.98. The van der Waals surface area contributed by atoms with Crippen LogP contribution in [0.4, 0.5) is 0 Å². The van der Waals surface area contributed by atoms with Gasteiger partial charge in [0.05, 0.1) is 6.04 Å². The molecule has 5 heteroatoms. The average molecular weight is 270 g/mol. The lowest BCUT2D eigenvalue weighted by Crippen LogP contribution is -2.58. The number of amides is 1.